The zero-order valence-corrected chi connectivity index (χ0v) is 13.3. The highest BCUT2D eigenvalue weighted by atomic mass is 32.1. The second-order valence-electron chi connectivity index (χ2n) is 5.00. The molecule has 1 heterocycles. The number of unbranched alkanes of at least 4 members (excludes halogenated alkanes) is 2. The Labute approximate surface area is 125 Å². The van der Waals surface area contributed by atoms with Gasteiger partial charge in [-0.1, -0.05) is 26.7 Å². The molecule has 0 saturated carbocycles. The minimum atomic E-state index is -0.898. The predicted octanol–water partition coefficient (Wildman–Crippen LogP) is 4.25. The summed E-state index contributed by atoms with van der Waals surface area (Å²) in [5.41, 5.74) is 0.985. The molecule has 0 aromatic carbocycles. The number of carboxylic acids is 1. The number of thiophene rings is 1. The van der Waals surface area contributed by atoms with E-state index in [1.165, 1.54) is 36.6 Å². The molecule has 0 fully saturated rings. The van der Waals surface area contributed by atoms with Gasteiger partial charge < -0.3 is 5.11 Å². The molecule has 0 bridgehead atoms. The number of aliphatic carboxylic acids is 1. The summed E-state index contributed by atoms with van der Waals surface area (Å²) in [5.74, 6) is -0.898. The molecule has 1 aromatic rings. The molecule has 0 spiro atoms. The summed E-state index contributed by atoms with van der Waals surface area (Å²) in [6.45, 7) is 7.71. The lowest BCUT2D eigenvalue weighted by Crippen LogP contribution is -2.25. The predicted molar refractivity (Wildman–Crippen MR) is 86.1 cm³/mol. The van der Waals surface area contributed by atoms with Gasteiger partial charge in [-0.25, -0.2) is 4.79 Å². The van der Waals surface area contributed by atoms with Crippen LogP contribution < -0.4 is 0 Å². The minimum Gasteiger partial charge on any atom is -0.478 e. The Kier molecular flexibility index (Phi) is 8.23. The van der Waals surface area contributed by atoms with Gasteiger partial charge in [0.15, 0.2) is 0 Å². The average Bonchev–Trinajstić information content (AvgIpc) is 2.87. The van der Waals surface area contributed by atoms with Gasteiger partial charge in [-0.15, -0.1) is 11.3 Å². The van der Waals surface area contributed by atoms with Gasteiger partial charge in [-0.3, -0.25) is 4.90 Å². The normalized spacial score (nSPS) is 11.6. The number of rotatable bonds is 10. The molecule has 0 aliphatic heterocycles. The first-order chi connectivity index (χ1) is 9.65. The van der Waals surface area contributed by atoms with Gasteiger partial charge in [-0.05, 0) is 49.0 Å². The highest BCUT2D eigenvalue weighted by Gasteiger charge is 2.07. The molecule has 3 nitrogen and oxygen atoms in total. The Morgan fingerprint density at radius 1 is 1.30 bits per heavy atom. The molecule has 1 aromatic heterocycles. The van der Waals surface area contributed by atoms with Crippen molar-refractivity contribution < 1.29 is 9.90 Å². The molecular weight excluding hydrogens is 270 g/mol. The molecule has 1 N–H and O–H groups in total. The molecule has 1 rings (SSSR count). The highest BCUT2D eigenvalue weighted by Crippen LogP contribution is 2.18. The van der Waals surface area contributed by atoms with Crippen LogP contribution in [-0.4, -0.2) is 29.1 Å². The Morgan fingerprint density at radius 2 is 1.95 bits per heavy atom. The number of carbonyl (C=O) groups is 1. The lowest BCUT2D eigenvalue weighted by atomic mass is 10.2. The van der Waals surface area contributed by atoms with Crippen LogP contribution in [0.25, 0.3) is 6.08 Å². The van der Waals surface area contributed by atoms with Crippen molar-refractivity contribution in [2.24, 2.45) is 0 Å². The van der Waals surface area contributed by atoms with E-state index in [-0.39, 0.29) is 0 Å². The van der Waals surface area contributed by atoms with E-state index in [0.29, 0.717) is 0 Å². The SMILES string of the molecule is CCCCN(CCCC)Cc1cc(C=CC(=O)O)cs1. The van der Waals surface area contributed by atoms with Crippen LogP contribution in [0.3, 0.4) is 0 Å². The maximum Gasteiger partial charge on any atom is 0.328 e. The zero-order valence-electron chi connectivity index (χ0n) is 12.5. The monoisotopic (exact) mass is 295 g/mol. The summed E-state index contributed by atoms with van der Waals surface area (Å²) >= 11 is 1.71. The van der Waals surface area contributed by atoms with E-state index in [1.54, 1.807) is 17.4 Å². The van der Waals surface area contributed by atoms with Gasteiger partial charge in [0.25, 0.3) is 0 Å². The smallest absolute Gasteiger partial charge is 0.328 e. The van der Waals surface area contributed by atoms with Crippen molar-refractivity contribution in [3.8, 4) is 0 Å². The fourth-order valence-corrected chi connectivity index (χ4v) is 2.88. The lowest BCUT2D eigenvalue weighted by molar-refractivity contribution is -0.131. The second-order valence-corrected chi connectivity index (χ2v) is 6.00. The van der Waals surface area contributed by atoms with Crippen LogP contribution >= 0.6 is 11.3 Å². The summed E-state index contributed by atoms with van der Waals surface area (Å²) in [4.78, 5) is 14.3. The summed E-state index contributed by atoms with van der Waals surface area (Å²) < 4.78 is 0. The summed E-state index contributed by atoms with van der Waals surface area (Å²) in [6, 6.07) is 2.09. The molecule has 0 aliphatic carbocycles. The Hall–Kier alpha value is -1.13. The van der Waals surface area contributed by atoms with Gasteiger partial charge in [-0.2, -0.15) is 0 Å². The van der Waals surface area contributed by atoms with Gasteiger partial charge in [0, 0.05) is 17.5 Å². The number of hydrogen-bond donors (Lipinski definition) is 1. The van der Waals surface area contributed by atoms with E-state index in [1.807, 2.05) is 5.38 Å². The molecule has 0 amide bonds. The lowest BCUT2D eigenvalue weighted by Gasteiger charge is -2.21. The largest absolute Gasteiger partial charge is 0.478 e. The molecule has 0 aliphatic rings. The Morgan fingerprint density at radius 3 is 2.50 bits per heavy atom. The van der Waals surface area contributed by atoms with Crippen LogP contribution in [0, 0.1) is 0 Å². The summed E-state index contributed by atoms with van der Waals surface area (Å²) in [5, 5.41) is 10.7. The van der Waals surface area contributed by atoms with Crippen LogP contribution in [0.4, 0.5) is 0 Å². The first-order valence-corrected chi connectivity index (χ1v) is 8.24. The van der Waals surface area contributed by atoms with Crippen molar-refractivity contribution in [1.29, 1.82) is 0 Å². The van der Waals surface area contributed by atoms with E-state index in [4.69, 9.17) is 5.11 Å². The molecule has 112 valence electrons. The van der Waals surface area contributed by atoms with Crippen molar-refractivity contribution >= 4 is 23.4 Å². The first-order valence-electron chi connectivity index (χ1n) is 7.36. The zero-order chi connectivity index (χ0) is 14.8. The molecular formula is C16H25NO2S. The van der Waals surface area contributed by atoms with Gasteiger partial charge >= 0.3 is 5.97 Å². The number of carboxylic acid groups (broad SMARTS) is 1. The standard InChI is InChI=1S/C16H25NO2S/c1-3-5-9-17(10-6-4-2)12-15-11-14(13-20-15)7-8-16(18)19/h7-8,11,13H,3-6,9-10,12H2,1-2H3,(H,18,19). The van der Waals surface area contributed by atoms with Crippen molar-refractivity contribution in [3.05, 3.63) is 28.0 Å². The molecule has 0 atom stereocenters. The van der Waals surface area contributed by atoms with Gasteiger partial charge in [0.1, 0.15) is 0 Å². The highest BCUT2D eigenvalue weighted by molar-refractivity contribution is 7.10. The van der Waals surface area contributed by atoms with E-state index in [0.717, 1.165) is 25.2 Å². The van der Waals surface area contributed by atoms with E-state index in [9.17, 15) is 4.79 Å². The third-order valence-electron chi connectivity index (χ3n) is 3.13. The molecule has 4 heteroatoms. The fourth-order valence-electron chi connectivity index (χ4n) is 1.99. The van der Waals surface area contributed by atoms with E-state index >= 15 is 0 Å². The number of hydrogen-bond acceptors (Lipinski definition) is 3. The second kappa shape index (κ2) is 9.72. The first kappa shape index (κ1) is 16.9. The summed E-state index contributed by atoms with van der Waals surface area (Å²) in [6.07, 6.45) is 7.77. The van der Waals surface area contributed by atoms with Crippen molar-refractivity contribution in [1.82, 2.24) is 4.90 Å². The topological polar surface area (TPSA) is 40.5 Å². The van der Waals surface area contributed by atoms with Gasteiger partial charge in [0.05, 0.1) is 0 Å². The molecule has 0 saturated heterocycles. The average molecular weight is 295 g/mol. The molecule has 0 radical (unpaired) electrons. The van der Waals surface area contributed by atoms with Crippen LogP contribution in [-0.2, 0) is 11.3 Å². The summed E-state index contributed by atoms with van der Waals surface area (Å²) in [7, 11) is 0. The minimum absolute atomic E-state index is 0.898. The quantitative estimate of drug-likeness (QED) is 0.656. The number of nitrogens with zero attached hydrogens (tertiary/aromatic N) is 1. The van der Waals surface area contributed by atoms with Crippen molar-refractivity contribution in [2.45, 2.75) is 46.1 Å². The Bertz CT molecular complexity index is 418. The van der Waals surface area contributed by atoms with E-state index in [2.05, 4.69) is 24.8 Å². The maximum absolute atomic E-state index is 10.5. The van der Waals surface area contributed by atoms with Crippen LogP contribution in [0.1, 0.15) is 50.0 Å². The van der Waals surface area contributed by atoms with Crippen molar-refractivity contribution in [2.75, 3.05) is 13.1 Å². The van der Waals surface area contributed by atoms with Crippen LogP contribution in [0.2, 0.25) is 0 Å². The van der Waals surface area contributed by atoms with E-state index < -0.39 is 5.97 Å². The fraction of sp³-hybridized carbons (Fsp3) is 0.562. The molecule has 0 unspecified atom stereocenters. The maximum atomic E-state index is 10.5. The third-order valence-corrected chi connectivity index (χ3v) is 4.07. The van der Waals surface area contributed by atoms with Crippen LogP contribution in [0.15, 0.2) is 17.5 Å². The van der Waals surface area contributed by atoms with Crippen molar-refractivity contribution in [3.63, 3.8) is 0 Å². The Balaban J connectivity index is 2.56. The third kappa shape index (κ3) is 6.87. The molecule has 20 heavy (non-hydrogen) atoms. The van der Waals surface area contributed by atoms with Crippen LogP contribution in [0.5, 0.6) is 0 Å². The van der Waals surface area contributed by atoms with Gasteiger partial charge in [0.2, 0.25) is 0 Å².